The highest BCUT2D eigenvalue weighted by atomic mass is 35.5. The molecule has 0 radical (unpaired) electrons. The van der Waals surface area contributed by atoms with Crippen LogP contribution in [0.3, 0.4) is 0 Å². The van der Waals surface area contributed by atoms with Gasteiger partial charge in [0, 0.05) is 24.7 Å². The first-order valence-corrected chi connectivity index (χ1v) is 6.24. The Bertz CT molecular complexity index is 337. The number of alkyl halides is 1. The summed E-state index contributed by atoms with van der Waals surface area (Å²) in [5.41, 5.74) is 1.74. The summed E-state index contributed by atoms with van der Waals surface area (Å²) in [6.45, 7) is 4.29. The first-order valence-electron chi connectivity index (χ1n) is 5.70. The highest BCUT2D eigenvalue weighted by molar-refractivity contribution is 6.17. The molecule has 3 heteroatoms. The molecule has 0 saturated carbocycles. The van der Waals surface area contributed by atoms with Gasteiger partial charge in [0.25, 0.3) is 0 Å². The number of anilines is 1. The molecule has 0 unspecified atom stereocenters. The fraction of sp³-hybridized carbons (Fsp3) is 0.538. The predicted octanol–water partition coefficient (Wildman–Crippen LogP) is 4.19. The van der Waals surface area contributed by atoms with Crippen molar-refractivity contribution >= 4 is 17.3 Å². The number of hydrogen-bond donors (Lipinski definition) is 0. The van der Waals surface area contributed by atoms with Gasteiger partial charge in [-0.3, -0.25) is 0 Å². The van der Waals surface area contributed by atoms with Crippen LogP contribution in [0.2, 0.25) is 0 Å². The van der Waals surface area contributed by atoms with Gasteiger partial charge in [-0.05, 0) is 36.6 Å². The monoisotopic (exact) mass is 243 g/mol. The van der Waals surface area contributed by atoms with Crippen LogP contribution in [0, 0.1) is 5.82 Å². The van der Waals surface area contributed by atoms with Gasteiger partial charge in [0.1, 0.15) is 5.82 Å². The quantitative estimate of drug-likeness (QED) is 0.701. The predicted molar refractivity (Wildman–Crippen MR) is 68.7 cm³/mol. The second-order valence-electron chi connectivity index (χ2n) is 4.03. The number of rotatable bonds is 5. The highest BCUT2D eigenvalue weighted by Gasteiger charge is 2.12. The first-order chi connectivity index (χ1) is 7.62. The van der Waals surface area contributed by atoms with E-state index in [9.17, 15) is 4.39 Å². The zero-order valence-corrected chi connectivity index (χ0v) is 10.9. The van der Waals surface area contributed by atoms with Crippen LogP contribution in [-0.2, 0) is 5.88 Å². The maximum Gasteiger partial charge on any atom is 0.125 e. The summed E-state index contributed by atoms with van der Waals surface area (Å²) < 4.78 is 13.4. The molecule has 0 aromatic heterocycles. The molecule has 90 valence electrons. The van der Waals surface area contributed by atoms with Crippen molar-refractivity contribution in [2.75, 3.05) is 11.9 Å². The van der Waals surface area contributed by atoms with Crippen molar-refractivity contribution < 1.29 is 4.39 Å². The van der Waals surface area contributed by atoms with Crippen molar-refractivity contribution in [1.29, 1.82) is 0 Å². The summed E-state index contributed by atoms with van der Waals surface area (Å²) in [6, 6.07) is 5.45. The summed E-state index contributed by atoms with van der Waals surface area (Å²) in [7, 11) is 2.00. The summed E-state index contributed by atoms with van der Waals surface area (Å²) >= 11 is 5.74. The molecule has 1 aromatic carbocycles. The zero-order valence-electron chi connectivity index (χ0n) is 10.1. The molecule has 0 spiro atoms. The van der Waals surface area contributed by atoms with Crippen LogP contribution >= 0.6 is 11.6 Å². The number of benzene rings is 1. The third-order valence-electron chi connectivity index (χ3n) is 2.99. The average molecular weight is 244 g/mol. The third-order valence-corrected chi connectivity index (χ3v) is 3.30. The molecular weight excluding hydrogens is 225 g/mol. The van der Waals surface area contributed by atoms with Crippen LogP contribution in [0.25, 0.3) is 0 Å². The van der Waals surface area contributed by atoms with Crippen LogP contribution in [0.1, 0.15) is 32.3 Å². The van der Waals surface area contributed by atoms with E-state index in [0.717, 1.165) is 24.1 Å². The van der Waals surface area contributed by atoms with E-state index >= 15 is 0 Å². The Balaban J connectivity index is 2.97. The molecule has 0 amide bonds. The van der Waals surface area contributed by atoms with Gasteiger partial charge < -0.3 is 4.90 Å². The second-order valence-corrected chi connectivity index (χ2v) is 4.30. The Labute approximate surface area is 102 Å². The summed E-state index contributed by atoms with van der Waals surface area (Å²) in [6.07, 6.45) is 2.11. The van der Waals surface area contributed by atoms with Crippen molar-refractivity contribution in [3.63, 3.8) is 0 Å². The van der Waals surface area contributed by atoms with Gasteiger partial charge in [-0.15, -0.1) is 11.6 Å². The molecule has 1 aromatic rings. The zero-order chi connectivity index (χ0) is 12.1. The second kappa shape index (κ2) is 6.09. The van der Waals surface area contributed by atoms with Gasteiger partial charge in [0.15, 0.2) is 0 Å². The fourth-order valence-corrected chi connectivity index (χ4v) is 2.12. The molecule has 0 bridgehead atoms. The van der Waals surface area contributed by atoms with Crippen molar-refractivity contribution in [2.45, 2.75) is 38.6 Å². The molecule has 0 aliphatic carbocycles. The Morgan fingerprint density at radius 2 is 1.88 bits per heavy atom. The molecule has 16 heavy (non-hydrogen) atoms. The van der Waals surface area contributed by atoms with Crippen LogP contribution in [0.5, 0.6) is 0 Å². The number of hydrogen-bond acceptors (Lipinski definition) is 1. The van der Waals surface area contributed by atoms with Crippen molar-refractivity contribution in [3.05, 3.63) is 29.6 Å². The maximum absolute atomic E-state index is 13.4. The number of nitrogens with zero attached hydrogens (tertiary/aromatic N) is 1. The average Bonchev–Trinajstić information content (AvgIpc) is 2.29. The minimum absolute atomic E-state index is 0.217. The van der Waals surface area contributed by atoms with Gasteiger partial charge in [0.05, 0.1) is 0 Å². The summed E-state index contributed by atoms with van der Waals surface area (Å²) in [5, 5.41) is 0. The van der Waals surface area contributed by atoms with Gasteiger partial charge in [-0.2, -0.15) is 0 Å². The van der Waals surface area contributed by atoms with Crippen LogP contribution in [-0.4, -0.2) is 13.1 Å². The minimum Gasteiger partial charge on any atom is -0.372 e. The Morgan fingerprint density at radius 1 is 1.25 bits per heavy atom. The fourth-order valence-electron chi connectivity index (χ4n) is 1.96. The lowest BCUT2D eigenvalue weighted by molar-refractivity contribution is 0.586. The van der Waals surface area contributed by atoms with E-state index in [2.05, 4.69) is 18.7 Å². The normalized spacial score (nSPS) is 10.9. The molecule has 1 nitrogen and oxygen atoms in total. The van der Waals surface area contributed by atoms with Gasteiger partial charge in [0.2, 0.25) is 0 Å². The van der Waals surface area contributed by atoms with E-state index in [-0.39, 0.29) is 5.82 Å². The first kappa shape index (κ1) is 13.3. The highest BCUT2D eigenvalue weighted by Crippen LogP contribution is 2.22. The SMILES string of the molecule is CCC(CC)N(C)c1cc(F)cc(CCl)c1. The van der Waals surface area contributed by atoms with Crippen molar-refractivity contribution in [3.8, 4) is 0 Å². The van der Waals surface area contributed by atoms with Crippen LogP contribution in [0.4, 0.5) is 10.1 Å². The lowest BCUT2D eigenvalue weighted by Gasteiger charge is -2.28. The number of halogens is 2. The van der Waals surface area contributed by atoms with E-state index in [1.165, 1.54) is 6.07 Å². The molecule has 0 atom stereocenters. The van der Waals surface area contributed by atoms with Crippen molar-refractivity contribution in [2.24, 2.45) is 0 Å². The van der Waals surface area contributed by atoms with Gasteiger partial charge in [-0.1, -0.05) is 13.8 Å². The molecule has 0 heterocycles. The molecule has 0 fully saturated rings. The van der Waals surface area contributed by atoms with E-state index in [1.807, 2.05) is 13.1 Å². The molecule has 0 N–H and O–H groups in total. The summed E-state index contributed by atoms with van der Waals surface area (Å²) in [4.78, 5) is 2.12. The van der Waals surface area contributed by atoms with Crippen molar-refractivity contribution in [1.82, 2.24) is 0 Å². The Morgan fingerprint density at radius 3 is 2.38 bits per heavy atom. The molecule has 0 aliphatic rings. The Kier molecular flexibility index (Phi) is 5.07. The van der Waals surface area contributed by atoms with E-state index in [1.54, 1.807) is 6.07 Å². The maximum atomic E-state index is 13.4. The van der Waals surface area contributed by atoms with Gasteiger partial charge >= 0.3 is 0 Å². The minimum atomic E-state index is -0.217. The standard InChI is InChI=1S/C13H19ClFN/c1-4-12(5-2)16(3)13-7-10(9-14)6-11(15)8-13/h6-8,12H,4-5,9H2,1-3H3. The Hall–Kier alpha value is -0.760. The molecule has 1 rings (SSSR count). The van der Waals surface area contributed by atoms with E-state index in [4.69, 9.17) is 11.6 Å². The largest absolute Gasteiger partial charge is 0.372 e. The topological polar surface area (TPSA) is 3.24 Å². The molecular formula is C13H19ClFN. The van der Waals surface area contributed by atoms with Crippen LogP contribution in [0.15, 0.2) is 18.2 Å². The van der Waals surface area contributed by atoms with Crippen LogP contribution < -0.4 is 4.90 Å². The lowest BCUT2D eigenvalue weighted by Crippen LogP contribution is -2.30. The third kappa shape index (κ3) is 3.11. The molecule has 0 saturated heterocycles. The summed E-state index contributed by atoms with van der Waals surface area (Å²) in [5.74, 6) is 0.132. The van der Waals surface area contributed by atoms with E-state index < -0.39 is 0 Å². The van der Waals surface area contributed by atoms with E-state index in [0.29, 0.717) is 11.9 Å². The van der Waals surface area contributed by atoms with Gasteiger partial charge in [-0.25, -0.2) is 4.39 Å². The lowest BCUT2D eigenvalue weighted by atomic mass is 10.1. The smallest absolute Gasteiger partial charge is 0.125 e. The molecule has 0 aliphatic heterocycles.